The second-order valence-corrected chi connectivity index (χ2v) is 7.51. The summed E-state index contributed by atoms with van der Waals surface area (Å²) in [5, 5.41) is 2.45. The Morgan fingerprint density at radius 2 is 1.66 bits per heavy atom. The molecule has 0 fully saturated rings. The lowest BCUT2D eigenvalue weighted by molar-refractivity contribution is 1.11. The summed E-state index contributed by atoms with van der Waals surface area (Å²) in [6.07, 6.45) is 7.36. The van der Waals surface area contributed by atoms with Crippen molar-refractivity contribution in [3.05, 3.63) is 89.8 Å². The molecule has 6 aromatic rings. The first kappa shape index (κ1) is 15.1. The van der Waals surface area contributed by atoms with Crippen LogP contribution in [0.4, 0.5) is 0 Å². The lowest BCUT2D eigenvalue weighted by Crippen LogP contribution is -2.07. The smallest absolute Gasteiger partial charge is 0.220 e. The SMILES string of the molecule is C1=CCc2nc3c(ccc4c3n(-c3ccccc3)c3nc5ccccc5n43)c2=C1. The van der Waals surface area contributed by atoms with Gasteiger partial charge in [0.05, 0.1) is 33.3 Å². The second kappa shape index (κ2) is 5.32. The highest BCUT2D eigenvalue weighted by Crippen LogP contribution is 2.33. The number of fused-ring (bicyclic) bond motifs is 9. The highest BCUT2D eigenvalue weighted by Gasteiger charge is 2.21. The molecular weight excluding hydrogens is 356 g/mol. The van der Waals surface area contributed by atoms with Gasteiger partial charge in [0, 0.05) is 22.7 Å². The molecule has 3 aromatic heterocycles. The van der Waals surface area contributed by atoms with Gasteiger partial charge in [-0.25, -0.2) is 9.97 Å². The molecule has 0 atom stereocenters. The van der Waals surface area contributed by atoms with Crippen molar-refractivity contribution in [2.75, 3.05) is 0 Å². The van der Waals surface area contributed by atoms with Crippen LogP contribution in [-0.2, 0) is 6.42 Å². The third-order valence-electron chi connectivity index (χ3n) is 5.91. The monoisotopic (exact) mass is 372 g/mol. The van der Waals surface area contributed by atoms with Gasteiger partial charge in [-0.15, -0.1) is 0 Å². The molecule has 0 saturated heterocycles. The Bertz CT molecular complexity index is 1670. The van der Waals surface area contributed by atoms with Crippen molar-refractivity contribution >= 4 is 44.8 Å². The van der Waals surface area contributed by atoms with Crippen molar-refractivity contribution in [2.45, 2.75) is 6.42 Å². The first-order valence-electron chi connectivity index (χ1n) is 9.85. The van der Waals surface area contributed by atoms with Crippen LogP contribution in [0.2, 0.25) is 0 Å². The standard InChI is InChI=1S/C25H16N4/c1-2-8-16(9-3-1)28-24-22(29-21-13-7-6-12-20(21)27-25(28)29)15-14-18-17-10-4-5-11-19(17)26-23(18)24/h1-10,12-15H,11H2. The van der Waals surface area contributed by atoms with E-state index in [1.54, 1.807) is 0 Å². The van der Waals surface area contributed by atoms with Crippen molar-refractivity contribution in [2.24, 2.45) is 0 Å². The van der Waals surface area contributed by atoms with Gasteiger partial charge in [0.15, 0.2) is 0 Å². The first-order chi connectivity index (χ1) is 14.4. The van der Waals surface area contributed by atoms with Crippen molar-refractivity contribution in [1.82, 2.24) is 18.9 Å². The molecule has 3 aromatic carbocycles. The number of hydrogen-bond donors (Lipinski definition) is 0. The molecule has 0 radical (unpaired) electrons. The number of allylic oxidation sites excluding steroid dienone is 2. The van der Waals surface area contributed by atoms with Gasteiger partial charge >= 0.3 is 0 Å². The predicted molar refractivity (Wildman–Crippen MR) is 117 cm³/mol. The maximum absolute atomic E-state index is 5.08. The molecule has 1 aliphatic carbocycles. The van der Waals surface area contributed by atoms with Crippen LogP contribution >= 0.6 is 0 Å². The lowest BCUT2D eigenvalue weighted by Gasteiger charge is -2.05. The summed E-state index contributed by atoms with van der Waals surface area (Å²) in [4.78, 5) is 10.1. The van der Waals surface area contributed by atoms with E-state index in [0.29, 0.717) is 0 Å². The fourth-order valence-electron chi connectivity index (χ4n) is 4.66. The maximum Gasteiger partial charge on any atom is 0.220 e. The molecule has 1 aliphatic rings. The van der Waals surface area contributed by atoms with E-state index in [0.717, 1.165) is 51.2 Å². The highest BCUT2D eigenvalue weighted by molar-refractivity contribution is 6.07. The van der Waals surface area contributed by atoms with E-state index in [1.807, 2.05) is 12.1 Å². The molecule has 136 valence electrons. The highest BCUT2D eigenvalue weighted by atomic mass is 15.2. The van der Waals surface area contributed by atoms with Crippen LogP contribution in [0, 0.1) is 0 Å². The molecule has 0 saturated carbocycles. The van der Waals surface area contributed by atoms with Crippen LogP contribution in [0.1, 0.15) is 5.69 Å². The summed E-state index contributed by atoms with van der Waals surface area (Å²) >= 11 is 0. The first-order valence-corrected chi connectivity index (χ1v) is 9.85. The fourth-order valence-corrected chi connectivity index (χ4v) is 4.66. The molecule has 0 bridgehead atoms. The summed E-state index contributed by atoms with van der Waals surface area (Å²) in [5.41, 5.74) is 7.66. The van der Waals surface area contributed by atoms with Gasteiger partial charge in [0.2, 0.25) is 5.78 Å². The molecule has 0 spiro atoms. The topological polar surface area (TPSA) is 35.1 Å². The second-order valence-electron chi connectivity index (χ2n) is 7.51. The number of nitrogens with zero attached hydrogens (tertiary/aromatic N) is 4. The summed E-state index contributed by atoms with van der Waals surface area (Å²) in [7, 11) is 0. The largest absolute Gasteiger partial charge is 0.276 e. The summed E-state index contributed by atoms with van der Waals surface area (Å²) in [6, 6.07) is 23.2. The van der Waals surface area contributed by atoms with Gasteiger partial charge in [0.25, 0.3) is 0 Å². The molecule has 29 heavy (non-hydrogen) atoms. The molecule has 0 amide bonds. The Labute approximate surface area is 166 Å². The summed E-state index contributed by atoms with van der Waals surface area (Å²) < 4.78 is 4.51. The van der Waals surface area contributed by atoms with Crippen LogP contribution in [0.15, 0.2) is 78.9 Å². The predicted octanol–water partition coefficient (Wildman–Crippen LogP) is 4.59. The molecule has 7 rings (SSSR count). The molecule has 0 unspecified atom stereocenters. The summed E-state index contributed by atoms with van der Waals surface area (Å²) in [5.74, 6) is 0.919. The van der Waals surface area contributed by atoms with Crippen LogP contribution in [-0.4, -0.2) is 18.9 Å². The van der Waals surface area contributed by atoms with Gasteiger partial charge in [-0.2, -0.15) is 0 Å². The normalized spacial score (nSPS) is 13.5. The van der Waals surface area contributed by atoms with Gasteiger partial charge in [-0.05, 0) is 36.4 Å². The quantitative estimate of drug-likeness (QED) is 0.423. The van der Waals surface area contributed by atoms with E-state index in [4.69, 9.17) is 9.97 Å². The Balaban J connectivity index is 1.77. The van der Waals surface area contributed by atoms with Gasteiger partial charge in [0.1, 0.15) is 0 Å². The molecule has 0 N–H and O–H groups in total. The Morgan fingerprint density at radius 1 is 0.793 bits per heavy atom. The Hall–Kier alpha value is -3.92. The van der Waals surface area contributed by atoms with Crippen molar-refractivity contribution in [3.8, 4) is 5.69 Å². The average molecular weight is 372 g/mol. The third-order valence-corrected chi connectivity index (χ3v) is 5.91. The number of imidazole rings is 2. The number of para-hydroxylation sites is 3. The van der Waals surface area contributed by atoms with Crippen LogP contribution < -0.4 is 5.22 Å². The minimum Gasteiger partial charge on any atom is -0.276 e. The summed E-state index contributed by atoms with van der Waals surface area (Å²) in [6.45, 7) is 0. The lowest BCUT2D eigenvalue weighted by atomic mass is 10.1. The van der Waals surface area contributed by atoms with E-state index in [9.17, 15) is 0 Å². The van der Waals surface area contributed by atoms with Gasteiger partial charge in [-0.1, -0.05) is 48.6 Å². The van der Waals surface area contributed by atoms with Crippen molar-refractivity contribution < 1.29 is 0 Å². The zero-order chi connectivity index (χ0) is 18.9. The van der Waals surface area contributed by atoms with E-state index in [-0.39, 0.29) is 0 Å². The van der Waals surface area contributed by atoms with Gasteiger partial charge in [-0.3, -0.25) is 8.97 Å². The number of aromatic nitrogens is 4. The molecule has 4 nitrogen and oxygen atoms in total. The van der Waals surface area contributed by atoms with Crippen molar-refractivity contribution in [3.63, 3.8) is 0 Å². The number of hydrogen-bond acceptors (Lipinski definition) is 2. The van der Waals surface area contributed by atoms with Gasteiger partial charge < -0.3 is 0 Å². The fraction of sp³-hybridized carbons (Fsp3) is 0.0400. The molecule has 4 heteroatoms. The number of rotatable bonds is 1. The molecule has 0 aliphatic heterocycles. The zero-order valence-corrected chi connectivity index (χ0v) is 15.6. The van der Waals surface area contributed by atoms with E-state index in [1.165, 1.54) is 10.6 Å². The minimum atomic E-state index is 0.883. The van der Waals surface area contributed by atoms with E-state index in [2.05, 4.69) is 81.8 Å². The van der Waals surface area contributed by atoms with Crippen molar-refractivity contribution in [1.29, 1.82) is 0 Å². The Kier molecular flexibility index (Phi) is 2.76. The van der Waals surface area contributed by atoms with E-state index >= 15 is 0 Å². The average Bonchev–Trinajstić information content (AvgIpc) is 3.42. The molecule has 3 heterocycles. The maximum atomic E-state index is 5.08. The number of benzene rings is 3. The Morgan fingerprint density at radius 3 is 2.59 bits per heavy atom. The minimum absolute atomic E-state index is 0.883. The van der Waals surface area contributed by atoms with Crippen LogP contribution in [0.25, 0.3) is 50.5 Å². The third kappa shape index (κ3) is 1.88. The zero-order valence-electron chi connectivity index (χ0n) is 15.6. The van der Waals surface area contributed by atoms with E-state index < -0.39 is 0 Å². The van der Waals surface area contributed by atoms with Crippen LogP contribution in [0.3, 0.4) is 0 Å². The molecular formula is C25H16N4. The van der Waals surface area contributed by atoms with Crippen LogP contribution in [0.5, 0.6) is 0 Å².